The van der Waals surface area contributed by atoms with E-state index in [-0.39, 0.29) is 6.61 Å². The molecule has 1 atom stereocenters. The predicted molar refractivity (Wildman–Crippen MR) is 141 cm³/mol. The molecule has 184 valence electrons. The summed E-state index contributed by atoms with van der Waals surface area (Å²) in [4.78, 5) is 4.42. The monoisotopic (exact) mass is 531 g/mol. The SMILES string of the molecule is CC(NS(C)(=O)=O)c1ccc(-c2ccc(C(C)(C)c3cc(Cl)c(OCCCl)c(C#N)c3)cc2)cn1. The first-order valence-electron chi connectivity index (χ1n) is 10.9. The third-order valence-corrected chi connectivity index (χ3v) is 6.99. The fourth-order valence-corrected chi connectivity index (χ4v) is 4.90. The van der Waals surface area contributed by atoms with Crippen LogP contribution in [0.1, 0.15) is 49.2 Å². The van der Waals surface area contributed by atoms with Crippen molar-refractivity contribution in [2.24, 2.45) is 0 Å². The van der Waals surface area contributed by atoms with E-state index in [2.05, 4.69) is 29.6 Å². The van der Waals surface area contributed by atoms with Gasteiger partial charge in [0.2, 0.25) is 10.0 Å². The van der Waals surface area contributed by atoms with Gasteiger partial charge in [0.25, 0.3) is 0 Å². The zero-order valence-corrected chi connectivity index (χ0v) is 22.3. The zero-order valence-electron chi connectivity index (χ0n) is 20.0. The molecule has 0 aliphatic rings. The second kappa shape index (κ2) is 11.0. The number of halogens is 2. The molecule has 0 aliphatic heterocycles. The van der Waals surface area contributed by atoms with Gasteiger partial charge in [-0.05, 0) is 41.8 Å². The van der Waals surface area contributed by atoms with Crippen molar-refractivity contribution < 1.29 is 13.2 Å². The first-order valence-corrected chi connectivity index (χ1v) is 13.7. The van der Waals surface area contributed by atoms with Gasteiger partial charge in [0.1, 0.15) is 12.7 Å². The quantitative estimate of drug-likeness (QED) is 0.350. The van der Waals surface area contributed by atoms with Gasteiger partial charge in [-0.1, -0.05) is 55.8 Å². The summed E-state index contributed by atoms with van der Waals surface area (Å²) in [5.41, 5.74) is 4.42. The topological polar surface area (TPSA) is 92.1 Å². The molecular weight excluding hydrogens is 505 g/mol. The molecule has 0 spiro atoms. The first kappa shape index (κ1) is 27.0. The molecule has 0 radical (unpaired) electrons. The van der Waals surface area contributed by atoms with E-state index in [1.54, 1.807) is 19.2 Å². The minimum Gasteiger partial charge on any atom is -0.489 e. The molecule has 0 saturated carbocycles. The number of alkyl halides is 1. The molecule has 1 N–H and O–H groups in total. The lowest BCUT2D eigenvalue weighted by molar-refractivity contribution is 0.341. The summed E-state index contributed by atoms with van der Waals surface area (Å²) >= 11 is 12.2. The van der Waals surface area contributed by atoms with Crippen molar-refractivity contribution in [2.45, 2.75) is 32.2 Å². The molecule has 1 unspecified atom stereocenters. The number of nitriles is 1. The average molecular weight is 532 g/mol. The number of pyridine rings is 1. The lowest BCUT2D eigenvalue weighted by atomic mass is 9.77. The number of nitrogens with zero attached hydrogens (tertiary/aromatic N) is 2. The molecule has 35 heavy (non-hydrogen) atoms. The summed E-state index contributed by atoms with van der Waals surface area (Å²) in [6, 6.07) is 17.2. The maximum atomic E-state index is 11.5. The van der Waals surface area contributed by atoms with Gasteiger partial charge in [-0.25, -0.2) is 13.1 Å². The van der Waals surface area contributed by atoms with E-state index in [9.17, 15) is 13.7 Å². The second-order valence-corrected chi connectivity index (χ2v) is 11.3. The Morgan fingerprint density at radius 1 is 1.11 bits per heavy atom. The van der Waals surface area contributed by atoms with Crippen LogP contribution in [0.5, 0.6) is 5.75 Å². The van der Waals surface area contributed by atoms with E-state index >= 15 is 0 Å². The van der Waals surface area contributed by atoms with Gasteiger partial charge < -0.3 is 4.74 Å². The first-order chi connectivity index (χ1) is 16.5. The minimum absolute atomic E-state index is 0.267. The number of rotatable bonds is 9. The van der Waals surface area contributed by atoms with E-state index in [0.717, 1.165) is 28.5 Å². The van der Waals surface area contributed by atoms with Crippen molar-refractivity contribution in [3.8, 4) is 22.9 Å². The normalized spacial score (nSPS) is 12.7. The summed E-state index contributed by atoms with van der Waals surface area (Å²) in [5.74, 6) is 0.650. The Kier molecular flexibility index (Phi) is 8.45. The smallest absolute Gasteiger partial charge is 0.209 e. The molecule has 0 fully saturated rings. The fraction of sp³-hybridized carbons (Fsp3) is 0.308. The molecule has 9 heteroatoms. The van der Waals surface area contributed by atoms with Gasteiger partial charge in [-0.3, -0.25) is 4.98 Å². The Balaban J connectivity index is 1.85. The number of hydrogen-bond donors (Lipinski definition) is 1. The molecule has 6 nitrogen and oxygen atoms in total. The highest BCUT2D eigenvalue weighted by Crippen LogP contribution is 2.38. The number of benzene rings is 2. The number of hydrogen-bond acceptors (Lipinski definition) is 5. The van der Waals surface area contributed by atoms with E-state index in [1.807, 2.05) is 42.5 Å². The lowest BCUT2D eigenvalue weighted by Gasteiger charge is -2.27. The van der Waals surface area contributed by atoms with Crippen LogP contribution in [0.4, 0.5) is 0 Å². The van der Waals surface area contributed by atoms with Crippen molar-refractivity contribution in [1.29, 1.82) is 5.26 Å². The maximum Gasteiger partial charge on any atom is 0.209 e. The molecule has 0 amide bonds. The van der Waals surface area contributed by atoms with E-state index in [1.165, 1.54) is 0 Å². The van der Waals surface area contributed by atoms with Crippen molar-refractivity contribution in [3.05, 3.63) is 82.1 Å². The maximum absolute atomic E-state index is 11.5. The Labute approximate surface area is 216 Å². The standard InChI is InChI=1S/C26H27Cl2N3O3S/c1-17(31-35(4,32)33)24-10-7-19(16-30-24)18-5-8-21(9-6-18)26(2,3)22-13-20(15-29)25(23(28)14-22)34-12-11-27/h5-10,13-14,16-17,31H,11-12H2,1-4H3. The Hall–Kier alpha value is -2.63. The predicted octanol–water partition coefficient (Wildman–Crippen LogP) is 5.83. The van der Waals surface area contributed by atoms with Gasteiger partial charge in [0.15, 0.2) is 5.75 Å². The third-order valence-electron chi connectivity index (χ3n) is 5.77. The molecule has 3 rings (SSSR count). The van der Waals surface area contributed by atoms with Crippen molar-refractivity contribution in [1.82, 2.24) is 9.71 Å². The molecule has 2 aromatic carbocycles. The summed E-state index contributed by atoms with van der Waals surface area (Å²) in [6.07, 6.45) is 2.86. The van der Waals surface area contributed by atoms with Crippen LogP contribution in [-0.2, 0) is 15.4 Å². The van der Waals surface area contributed by atoms with Crippen LogP contribution in [-0.4, -0.2) is 32.1 Å². The van der Waals surface area contributed by atoms with Crippen LogP contribution in [0.3, 0.4) is 0 Å². The highest BCUT2D eigenvalue weighted by Gasteiger charge is 2.26. The minimum atomic E-state index is -3.32. The lowest BCUT2D eigenvalue weighted by Crippen LogP contribution is -2.25. The van der Waals surface area contributed by atoms with Gasteiger partial charge >= 0.3 is 0 Å². The molecule has 3 aromatic rings. The molecule has 0 saturated heterocycles. The van der Waals surface area contributed by atoms with Crippen LogP contribution >= 0.6 is 23.2 Å². The van der Waals surface area contributed by atoms with E-state index in [4.69, 9.17) is 27.9 Å². The number of nitrogens with one attached hydrogen (secondary N) is 1. The zero-order chi connectivity index (χ0) is 25.8. The highest BCUT2D eigenvalue weighted by atomic mass is 35.5. The third kappa shape index (κ3) is 6.53. The Morgan fingerprint density at radius 3 is 2.31 bits per heavy atom. The summed E-state index contributed by atoms with van der Waals surface area (Å²) in [7, 11) is -3.32. The Morgan fingerprint density at radius 2 is 1.77 bits per heavy atom. The van der Waals surface area contributed by atoms with Crippen LogP contribution in [0, 0.1) is 11.3 Å². The van der Waals surface area contributed by atoms with Crippen LogP contribution < -0.4 is 9.46 Å². The van der Waals surface area contributed by atoms with Crippen molar-refractivity contribution >= 4 is 33.2 Å². The van der Waals surface area contributed by atoms with Gasteiger partial charge in [0, 0.05) is 17.2 Å². The number of sulfonamides is 1. The molecule has 0 aliphatic carbocycles. The molecule has 1 heterocycles. The highest BCUT2D eigenvalue weighted by molar-refractivity contribution is 7.88. The number of aromatic nitrogens is 1. The van der Waals surface area contributed by atoms with Crippen molar-refractivity contribution in [3.63, 3.8) is 0 Å². The van der Waals surface area contributed by atoms with Gasteiger partial charge in [-0.15, -0.1) is 11.6 Å². The molecule has 1 aromatic heterocycles. The van der Waals surface area contributed by atoms with E-state index < -0.39 is 21.5 Å². The number of ether oxygens (including phenoxy) is 1. The summed E-state index contributed by atoms with van der Waals surface area (Å²) in [5, 5.41) is 9.99. The molecular formula is C26H27Cl2N3O3S. The van der Waals surface area contributed by atoms with Crippen LogP contribution in [0.15, 0.2) is 54.7 Å². The second-order valence-electron chi connectivity index (χ2n) is 8.77. The fourth-order valence-electron chi connectivity index (χ4n) is 3.78. The Bertz CT molecular complexity index is 1330. The van der Waals surface area contributed by atoms with Crippen molar-refractivity contribution in [2.75, 3.05) is 18.7 Å². The van der Waals surface area contributed by atoms with E-state index in [0.29, 0.717) is 27.9 Å². The van der Waals surface area contributed by atoms with Crippen LogP contribution in [0.25, 0.3) is 11.1 Å². The van der Waals surface area contributed by atoms with Crippen LogP contribution in [0.2, 0.25) is 5.02 Å². The van der Waals surface area contributed by atoms with Gasteiger partial charge in [-0.2, -0.15) is 5.26 Å². The summed E-state index contributed by atoms with van der Waals surface area (Å²) in [6.45, 7) is 6.16. The van der Waals surface area contributed by atoms with Gasteiger partial charge in [0.05, 0.1) is 34.5 Å². The molecule has 0 bridgehead atoms. The largest absolute Gasteiger partial charge is 0.489 e. The average Bonchev–Trinajstić information content (AvgIpc) is 2.82. The summed E-state index contributed by atoms with van der Waals surface area (Å²) < 4.78 is 31.0.